The van der Waals surface area contributed by atoms with E-state index < -0.39 is 0 Å². The Hall–Kier alpha value is -1.51. The van der Waals surface area contributed by atoms with Crippen LogP contribution in [0, 0.1) is 5.92 Å². The van der Waals surface area contributed by atoms with E-state index in [-0.39, 0.29) is 30.6 Å². The van der Waals surface area contributed by atoms with Crippen LogP contribution in [0.15, 0.2) is 6.20 Å². The molecule has 8 nitrogen and oxygen atoms in total. The summed E-state index contributed by atoms with van der Waals surface area (Å²) in [4.78, 5) is 16.5. The lowest BCUT2D eigenvalue weighted by Crippen LogP contribution is -2.46. The molecule has 1 N–H and O–H groups in total. The van der Waals surface area contributed by atoms with Gasteiger partial charge in [-0.2, -0.15) is 0 Å². The quantitative estimate of drug-likeness (QED) is 0.842. The second-order valence-corrected chi connectivity index (χ2v) is 7.24. The molecule has 1 aliphatic heterocycles. The Morgan fingerprint density at radius 3 is 2.92 bits per heavy atom. The van der Waals surface area contributed by atoms with E-state index >= 15 is 0 Å². The molecule has 1 aromatic rings. The van der Waals surface area contributed by atoms with E-state index in [2.05, 4.69) is 22.1 Å². The lowest BCUT2D eigenvalue weighted by atomic mass is 10.0. The van der Waals surface area contributed by atoms with E-state index in [9.17, 15) is 9.90 Å². The summed E-state index contributed by atoms with van der Waals surface area (Å²) >= 11 is 0. The van der Waals surface area contributed by atoms with Gasteiger partial charge < -0.3 is 19.6 Å². The smallest absolute Gasteiger partial charge is 0.222 e. The Bertz CT molecular complexity index is 548. The first kappa shape index (κ1) is 19.8. The highest BCUT2D eigenvalue weighted by Gasteiger charge is 2.27. The minimum Gasteiger partial charge on any atom is -0.394 e. The minimum absolute atomic E-state index is 0.0380. The Morgan fingerprint density at radius 2 is 2.24 bits per heavy atom. The van der Waals surface area contributed by atoms with Crippen LogP contribution in [0.5, 0.6) is 0 Å². The van der Waals surface area contributed by atoms with Gasteiger partial charge in [0.1, 0.15) is 5.69 Å². The lowest BCUT2D eigenvalue weighted by Gasteiger charge is -2.34. The zero-order chi connectivity index (χ0) is 18.4. The van der Waals surface area contributed by atoms with E-state index in [0.29, 0.717) is 32.5 Å². The molecule has 2 bridgehead atoms. The molecule has 0 aliphatic carbocycles. The summed E-state index contributed by atoms with van der Waals surface area (Å²) in [7, 11) is 4.01. The number of likely N-dealkylation sites (N-methyl/N-ethyl adjacent to an activating group) is 1. The molecular weight excluding hydrogens is 322 g/mol. The van der Waals surface area contributed by atoms with Gasteiger partial charge in [0.05, 0.1) is 31.6 Å². The molecule has 1 amide bonds. The molecule has 3 atom stereocenters. The van der Waals surface area contributed by atoms with Crippen molar-refractivity contribution in [1.82, 2.24) is 24.8 Å². The van der Waals surface area contributed by atoms with E-state index in [1.165, 1.54) is 0 Å². The maximum Gasteiger partial charge on any atom is 0.222 e. The van der Waals surface area contributed by atoms with Gasteiger partial charge in [-0.1, -0.05) is 12.1 Å². The molecule has 0 saturated carbocycles. The van der Waals surface area contributed by atoms with Gasteiger partial charge in [0.2, 0.25) is 5.91 Å². The maximum atomic E-state index is 12.7. The van der Waals surface area contributed by atoms with Gasteiger partial charge in [-0.15, -0.1) is 5.10 Å². The van der Waals surface area contributed by atoms with Crippen molar-refractivity contribution in [2.45, 2.75) is 52.0 Å². The normalized spacial score (nSPS) is 24.6. The summed E-state index contributed by atoms with van der Waals surface area (Å²) < 4.78 is 7.87. The molecule has 0 aromatic carbocycles. The van der Waals surface area contributed by atoms with Crippen molar-refractivity contribution in [3.63, 3.8) is 0 Å². The summed E-state index contributed by atoms with van der Waals surface area (Å²) in [5.74, 6) is 0.202. The van der Waals surface area contributed by atoms with E-state index in [0.717, 1.165) is 12.2 Å². The summed E-state index contributed by atoms with van der Waals surface area (Å²) in [6.45, 7) is 6.32. The lowest BCUT2D eigenvalue weighted by molar-refractivity contribution is -0.136. The third kappa shape index (κ3) is 5.76. The molecule has 0 spiro atoms. The number of amides is 1. The average molecular weight is 353 g/mol. The van der Waals surface area contributed by atoms with Crippen LogP contribution in [0.4, 0.5) is 0 Å². The molecule has 142 valence electrons. The van der Waals surface area contributed by atoms with Crippen LogP contribution in [0.3, 0.4) is 0 Å². The molecule has 1 aliphatic rings. The topological polar surface area (TPSA) is 83.7 Å². The predicted octanol–water partition coefficient (Wildman–Crippen LogP) is 0.364. The summed E-state index contributed by atoms with van der Waals surface area (Å²) in [5, 5.41) is 17.8. The van der Waals surface area contributed by atoms with E-state index in [1.54, 1.807) is 9.58 Å². The highest BCUT2D eigenvalue weighted by Crippen LogP contribution is 2.17. The summed E-state index contributed by atoms with van der Waals surface area (Å²) in [5.41, 5.74) is 0.808. The van der Waals surface area contributed by atoms with Crippen LogP contribution in [0.2, 0.25) is 0 Å². The third-order valence-electron chi connectivity index (χ3n) is 4.59. The summed E-state index contributed by atoms with van der Waals surface area (Å²) in [6.07, 6.45) is 2.98. The van der Waals surface area contributed by atoms with Crippen LogP contribution >= 0.6 is 0 Å². The van der Waals surface area contributed by atoms with Crippen molar-refractivity contribution < 1.29 is 14.6 Å². The fourth-order valence-corrected chi connectivity index (χ4v) is 3.05. The number of hydrogen-bond donors (Lipinski definition) is 1. The number of aromatic nitrogens is 3. The zero-order valence-corrected chi connectivity index (χ0v) is 15.8. The molecule has 0 saturated heterocycles. The van der Waals surface area contributed by atoms with Crippen molar-refractivity contribution >= 4 is 5.91 Å². The van der Waals surface area contributed by atoms with Crippen molar-refractivity contribution in [2.75, 3.05) is 33.8 Å². The van der Waals surface area contributed by atoms with Crippen LogP contribution < -0.4 is 0 Å². The van der Waals surface area contributed by atoms with Crippen molar-refractivity contribution in [2.24, 2.45) is 5.92 Å². The highest BCUT2D eigenvalue weighted by molar-refractivity contribution is 5.76. The van der Waals surface area contributed by atoms with Gasteiger partial charge in [-0.05, 0) is 27.4 Å². The fourth-order valence-electron chi connectivity index (χ4n) is 3.05. The number of ether oxygens (including phenoxy) is 1. The van der Waals surface area contributed by atoms with E-state index in [1.807, 2.05) is 27.2 Å². The van der Waals surface area contributed by atoms with Gasteiger partial charge in [0.15, 0.2) is 0 Å². The SMILES string of the molecule is C[C@@H]1CN([C@@H](C)CO)C(=O)CCCn2cc(nn2)CO[C@H]1CN(C)C. The molecule has 0 unspecified atom stereocenters. The van der Waals surface area contributed by atoms with Gasteiger partial charge >= 0.3 is 0 Å². The van der Waals surface area contributed by atoms with Crippen LogP contribution in [-0.4, -0.2) is 81.7 Å². The molecule has 8 heteroatoms. The second-order valence-electron chi connectivity index (χ2n) is 7.24. The van der Waals surface area contributed by atoms with Crippen LogP contribution in [0.25, 0.3) is 0 Å². The number of fused-ring (bicyclic) bond motifs is 2. The largest absolute Gasteiger partial charge is 0.394 e. The first-order chi connectivity index (χ1) is 11.9. The monoisotopic (exact) mass is 353 g/mol. The fraction of sp³-hybridized carbons (Fsp3) is 0.824. The first-order valence-corrected chi connectivity index (χ1v) is 8.96. The van der Waals surface area contributed by atoms with Crippen molar-refractivity contribution in [1.29, 1.82) is 0 Å². The minimum atomic E-state index is -0.197. The molecule has 25 heavy (non-hydrogen) atoms. The number of hydrogen-bond acceptors (Lipinski definition) is 6. The number of carbonyl (C=O) groups is 1. The second kappa shape index (κ2) is 9.26. The van der Waals surface area contributed by atoms with Gasteiger partial charge in [0, 0.05) is 32.0 Å². The van der Waals surface area contributed by atoms with Gasteiger partial charge in [-0.25, -0.2) is 0 Å². The van der Waals surface area contributed by atoms with Crippen LogP contribution in [-0.2, 0) is 22.7 Å². The molecule has 2 rings (SSSR count). The zero-order valence-electron chi connectivity index (χ0n) is 15.8. The number of aliphatic hydroxyl groups is 1. The van der Waals surface area contributed by atoms with Crippen molar-refractivity contribution in [3.05, 3.63) is 11.9 Å². The Balaban J connectivity index is 2.20. The predicted molar refractivity (Wildman–Crippen MR) is 93.8 cm³/mol. The number of nitrogens with zero attached hydrogens (tertiary/aromatic N) is 5. The Morgan fingerprint density at radius 1 is 1.48 bits per heavy atom. The summed E-state index contributed by atoms with van der Waals surface area (Å²) in [6, 6.07) is -0.197. The Labute approximate surface area is 149 Å². The average Bonchev–Trinajstić information content (AvgIpc) is 3.02. The molecular formula is C17H31N5O3. The van der Waals surface area contributed by atoms with E-state index in [4.69, 9.17) is 4.74 Å². The van der Waals surface area contributed by atoms with Gasteiger partial charge in [-0.3, -0.25) is 9.48 Å². The number of carbonyl (C=O) groups excluding carboxylic acids is 1. The number of rotatable bonds is 4. The Kier molecular flexibility index (Phi) is 7.34. The first-order valence-electron chi connectivity index (χ1n) is 8.96. The number of aliphatic hydroxyl groups excluding tert-OH is 1. The maximum absolute atomic E-state index is 12.7. The van der Waals surface area contributed by atoms with Crippen molar-refractivity contribution in [3.8, 4) is 0 Å². The standard InChI is InChI=1S/C17H31N5O3/c1-13-8-22(14(2)11-23)17(24)6-5-7-21-9-15(18-19-21)12-25-16(13)10-20(3)4/h9,13-14,16,23H,5-8,10-12H2,1-4H3/t13-,14+,16+/m1/s1. The van der Waals surface area contributed by atoms with Gasteiger partial charge in [0.25, 0.3) is 0 Å². The molecule has 0 fully saturated rings. The molecule has 1 aromatic heterocycles. The third-order valence-corrected chi connectivity index (χ3v) is 4.59. The van der Waals surface area contributed by atoms with Crippen LogP contribution in [0.1, 0.15) is 32.4 Å². The number of aryl methyl sites for hydroxylation is 1. The highest BCUT2D eigenvalue weighted by atomic mass is 16.5. The molecule has 2 heterocycles. The molecule has 0 radical (unpaired) electrons.